The quantitative estimate of drug-likeness (QED) is 0.0109. The number of nitrogens with zero attached hydrogens (tertiary/aromatic N) is 4. The van der Waals surface area contributed by atoms with E-state index in [1.165, 1.54) is 84.7 Å². The van der Waals surface area contributed by atoms with E-state index in [1.807, 2.05) is 6.07 Å². The van der Waals surface area contributed by atoms with Crippen LogP contribution in [0.4, 0.5) is 13.2 Å². The third kappa shape index (κ3) is 86.6. The van der Waals surface area contributed by atoms with E-state index >= 15 is 0 Å². The van der Waals surface area contributed by atoms with Crippen molar-refractivity contribution in [2.45, 2.75) is 54.8 Å². The second-order valence-corrected chi connectivity index (χ2v) is 20.5. The number of aliphatic hydroxyl groups excluding tert-OH is 2. The number of aromatic amines is 2. The smallest absolute Gasteiger partial charge is 0.481 e. The molecule has 0 saturated heterocycles. The van der Waals surface area contributed by atoms with Gasteiger partial charge in [-0.05, 0) is 119 Å². The number of aromatic carboxylic acids is 2. The van der Waals surface area contributed by atoms with Crippen molar-refractivity contribution in [2.75, 3.05) is 56.9 Å². The Kier molecular flexibility index (Phi) is 141. The first kappa shape index (κ1) is 155. The molecule has 0 atom stereocenters. The molecule has 645 valence electrons. The number of carbonyl (C=O) groups is 5. The van der Waals surface area contributed by atoms with E-state index in [0.717, 1.165) is 55.3 Å². The predicted octanol–water partition coefficient (Wildman–Crippen LogP) is 13.2. The van der Waals surface area contributed by atoms with Crippen LogP contribution in [-0.2, 0) is 150 Å². The van der Waals surface area contributed by atoms with Gasteiger partial charge in [-0.1, -0.05) is 12.1 Å². The Labute approximate surface area is 797 Å². The molecule has 1 aromatic carbocycles. The number of esters is 2. The number of carboxylic acids is 2. The number of aliphatic hydroxyl groups is 2. The zero-order chi connectivity index (χ0) is 86.8. The fraction of sp³-hybridized carbons (Fsp3) is 0.250. The number of H-pyrrole nitrogens is 2. The molecule has 0 amide bonds. The van der Waals surface area contributed by atoms with Gasteiger partial charge in [0, 0.05) is 241 Å². The minimum absolute atomic E-state index is 0. The molecule has 0 aliphatic heterocycles. The van der Waals surface area contributed by atoms with E-state index in [9.17, 15) is 46.7 Å². The number of hydrogen-bond acceptors (Lipinski definition) is 26. The number of hydrogen-bond donors (Lipinski definition) is 12. The first-order chi connectivity index (χ1) is 50.6. The second kappa shape index (κ2) is 104. The molecule has 0 unspecified atom stereocenters. The Hall–Kier alpha value is -3.27. The molecular formula is C64H89BBr6F3N6O26SV7-7. The minimum atomic E-state index is -4.74. The first-order valence-corrected chi connectivity index (χ1v) is 34.3. The average molecular weight is 2290 g/mol. The molecule has 32 nitrogen and oxygen atoms in total. The zero-order valence-corrected chi connectivity index (χ0v) is 83.8. The SMILES string of the molecule is CO.CO.COC(=O)c1cc(=O)[nH]cc1Br.COC(=O)c1cc(OC)ncc1Br.COc1cc(C(=O)O)c(Br)cn1.COc1cc(C=O)c(Br)cn1.COc1ccc(Br)cn1.O=C(O)c1cc(=O)[nH]cc1Br.O=S(=O)(O)O.OB(O)c1ccc(OC(F)(F)F)cc1.OO.[CH2-]C.[CH2-]C.[CH2-]C.[CH2-]C.[CH2-]C.[CH2-]C.[CH2-]C.[V].[V].[V].[V].[V].[V].[V]. The van der Waals surface area contributed by atoms with E-state index in [4.69, 9.17) is 77.5 Å². The van der Waals surface area contributed by atoms with Crippen LogP contribution in [0.25, 0.3) is 0 Å². The van der Waals surface area contributed by atoms with Gasteiger partial charge >= 0.3 is 47.8 Å². The number of aldehydes is 1. The average Bonchev–Trinajstić information content (AvgIpc) is 0.867. The summed E-state index contributed by atoms with van der Waals surface area (Å²) < 4.78 is 102. The fourth-order valence-electron chi connectivity index (χ4n) is 4.79. The number of halogens is 9. The van der Waals surface area contributed by atoms with E-state index in [1.54, 1.807) is 73.9 Å². The van der Waals surface area contributed by atoms with Crippen molar-refractivity contribution in [3.8, 4) is 29.3 Å². The van der Waals surface area contributed by atoms with Gasteiger partial charge < -0.3 is 122 Å². The predicted molar refractivity (Wildman–Crippen MR) is 421 cm³/mol. The van der Waals surface area contributed by atoms with E-state index in [-0.39, 0.29) is 163 Å². The van der Waals surface area contributed by atoms with Crippen molar-refractivity contribution in [1.82, 2.24) is 29.9 Å². The number of pyridine rings is 6. The summed E-state index contributed by atoms with van der Waals surface area (Å²) in [5.74, 6) is -1.75. The van der Waals surface area contributed by atoms with Gasteiger partial charge in [-0.15, -0.1) is 13.2 Å². The summed E-state index contributed by atoms with van der Waals surface area (Å²) in [6, 6.07) is 14.6. The maximum absolute atomic E-state index is 11.7. The molecule has 0 saturated carbocycles. The molecule has 7 aromatic rings. The third-order valence-electron chi connectivity index (χ3n) is 8.62. The number of rotatable bonds is 11. The Morgan fingerprint density at radius 2 is 0.746 bits per heavy atom. The van der Waals surface area contributed by atoms with Crippen LogP contribution in [0, 0.1) is 48.5 Å². The molecule has 0 fully saturated rings. The topological polar surface area (TPSA) is 504 Å². The summed E-state index contributed by atoms with van der Waals surface area (Å²) in [6.07, 6.45) is 4.81. The molecule has 0 bridgehead atoms. The van der Waals surface area contributed by atoms with Gasteiger partial charge in [0.1, 0.15) is 5.75 Å². The van der Waals surface area contributed by atoms with Crippen LogP contribution < -0.4 is 40.3 Å². The van der Waals surface area contributed by atoms with Crippen molar-refractivity contribution >= 4 is 149 Å². The largest absolute Gasteiger partial charge is 0.573 e. The van der Waals surface area contributed by atoms with Crippen LogP contribution >= 0.6 is 95.6 Å². The monoisotopic (exact) mass is 2290 g/mol. The summed E-state index contributed by atoms with van der Waals surface area (Å²) >= 11 is 18.8. The zero-order valence-electron chi connectivity index (χ0n) is 63.7. The van der Waals surface area contributed by atoms with Crippen molar-refractivity contribution in [2.24, 2.45) is 0 Å². The Morgan fingerprint density at radius 1 is 0.465 bits per heavy atom. The number of nitrogens with one attached hydrogen (secondary N) is 2. The molecule has 114 heavy (non-hydrogen) atoms. The normalized spacial score (nSPS) is 8.03. The molecule has 12 N–H and O–H groups in total. The summed E-state index contributed by atoms with van der Waals surface area (Å²) in [5, 5.41) is 60.5. The van der Waals surface area contributed by atoms with Crippen LogP contribution in [0.2, 0.25) is 0 Å². The molecule has 7 radical (unpaired) electrons. The van der Waals surface area contributed by atoms with Crippen molar-refractivity contribution < 1.29 is 259 Å². The first-order valence-electron chi connectivity index (χ1n) is 28.1. The molecule has 7 rings (SSSR count). The fourth-order valence-corrected chi connectivity index (χ4v) is 6.89. The molecular weight excluding hydrogens is 2200 g/mol. The number of carboxylic acid groups (broad SMARTS) is 2. The Morgan fingerprint density at radius 3 is 1.03 bits per heavy atom. The van der Waals surface area contributed by atoms with Gasteiger partial charge in [0.2, 0.25) is 34.6 Å². The van der Waals surface area contributed by atoms with Crippen molar-refractivity contribution in [3.63, 3.8) is 0 Å². The van der Waals surface area contributed by atoms with Gasteiger partial charge in [-0.3, -0.25) is 34.0 Å². The van der Waals surface area contributed by atoms with E-state index in [2.05, 4.69) is 188 Å². The van der Waals surface area contributed by atoms with E-state index < -0.39 is 59.1 Å². The van der Waals surface area contributed by atoms with Crippen LogP contribution in [0.1, 0.15) is 100 Å². The number of carbonyl (C=O) groups excluding carboxylic acids is 3. The van der Waals surface area contributed by atoms with Gasteiger partial charge in [-0.25, -0.2) is 39.1 Å². The second-order valence-electron chi connectivity index (χ2n) is 14.4. The number of benzene rings is 1. The number of alkyl halides is 3. The van der Waals surface area contributed by atoms with Crippen molar-refractivity contribution in [3.05, 3.63) is 228 Å². The summed E-state index contributed by atoms with van der Waals surface area (Å²) in [5.41, 5.74) is 0.603. The van der Waals surface area contributed by atoms with Gasteiger partial charge in [-0.2, -0.15) is 56.9 Å². The summed E-state index contributed by atoms with van der Waals surface area (Å²) in [4.78, 5) is 95.1. The van der Waals surface area contributed by atoms with Crippen LogP contribution in [0.15, 0.2) is 140 Å². The third-order valence-corrected chi connectivity index (χ3v) is 12.3. The van der Waals surface area contributed by atoms with Crippen molar-refractivity contribution in [1.29, 1.82) is 0 Å². The van der Waals surface area contributed by atoms with Gasteiger partial charge in [0.15, 0.2) is 6.29 Å². The molecule has 0 spiro atoms. The van der Waals surface area contributed by atoms with Crippen LogP contribution in [0.5, 0.6) is 29.3 Å². The van der Waals surface area contributed by atoms with Crippen LogP contribution in [-0.4, -0.2) is 189 Å². The van der Waals surface area contributed by atoms with E-state index in [0.29, 0.717) is 51.1 Å². The number of ether oxygens (including phenoxy) is 7. The molecule has 6 aromatic heterocycles. The Bertz CT molecular complexity index is 3650. The minimum Gasteiger partial charge on any atom is -0.481 e. The Balaban J connectivity index is -0.0000000558. The number of aromatic nitrogens is 6. The van der Waals surface area contributed by atoms with Gasteiger partial charge in [0.25, 0.3) is 0 Å². The maximum atomic E-state index is 11.7. The molecule has 6 heterocycles. The summed E-state index contributed by atoms with van der Waals surface area (Å²) in [6.45, 7) is 35.0. The molecule has 0 aliphatic rings. The maximum Gasteiger partial charge on any atom is 0.573 e. The van der Waals surface area contributed by atoms with Gasteiger partial charge in [0.05, 0.1) is 73.9 Å². The van der Waals surface area contributed by atoms with Crippen LogP contribution in [0.3, 0.4) is 0 Å². The molecule has 0 aliphatic carbocycles. The number of methoxy groups -OCH3 is 6. The molecule has 50 heteroatoms. The standard InChI is InChI=1S/C8H8BrNO3.C7H6BF3O3.2C7H6BrNO3.C7H6BrNO2.C6H4BrNO3.C6H6BrNO.7C2H5.2CH4O.H2O4S.H2O2.7V/c1-12-7-3-5(8(11)13-2)6(9)4-10-7;9-7(10,11)14-6-3-1-5(2-4-6)8(12)13;1-12-6-2-4(7(10)11)5(8)3-9-6;1-12-7(11)4-2-6(10)9-3-5(4)8;1-11-7-2-5(4-10)6(8)3-9-7;7-4-2-8-5(9)1-3(4)6(10)11;1-9-6-3-2-5(7)4-8-6;9*1-2;1-5(2,3)4;1-2;;;;;;;/h3-4H,1-2H3;1-4,12-13H;2-3H,1H3,(H,10,11);2-3H,1H3,(H,9,10);2-4H,1H3;1-2H,(H,8,9)(H,10,11);2-4H,1H3;7*1H2,2H3;2*2H,1H3;(H2,1,2,3,4);1-2H;;;;;;;/q;;;;;;;7*-1;;;;;;;;;;;. The summed E-state index contributed by atoms with van der Waals surface area (Å²) in [7, 11) is 4.23.